The molecule has 0 saturated carbocycles. The molecular weight excluding hydrogens is 356 g/mol. The minimum absolute atomic E-state index is 0.0194. The fraction of sp³-hybridized carbons (Fsp3) is 0.500. The van der Waals surface area contributed by atoms with Crippen LogP contribution < -0.4 is 10.5 Å². The first-order valence-electron chi connectivity index (χ1n) is 8.69. The van der Waals surface area contributed by atoms with E-state index in [0.29, 0.717) is 30.3 Å². The third-order valence-corrected chi connectivity index (χ3v) is 4.40. The number of nitrogens with zero attached hydrogens (tertiary/aromatic N) is 4. The number of alkyl halides is 2. The molecule has 1 heterocycles. The van der Waals surface area contributed by atoms with E-state index >= 15 is 0 Å². The fourth-order valence-electron chi connectivity index (χ4n) is 2.50. The number of aromatic nitrogens is 3. The van der Waals surface area contributed by atoms with Crippen LogP contribution in [-0.4, -0.2) is 52.0 Å². The van der Waals surface area contributed by atoms with Crippen molar-refractivity contribution < 1.29 is 18.3 Å². The zero-order valence-corrected chi connectivity index (χ0v) is 15.9. The van der Waals surface area contributed by atoms with Gasteiger partial charge in [0.05, 0.1) is 11.4 Å². The number of carbonyl (C=O) groups is 1. The number of halogens is 2. The molecule has 0 fully saturated rings. The van der Waals surface area contributed by atoms with E-state index in [1.54, 1.807) is 31.0 Å². The Hall–Kier alpha value is -2.55. The van der Waals surface area contributed by atoms with Crippen LogP contribution in [0, 0.1) is 12.8 Å². The van der Waals surface area contributed by atoms with Gasteiger partial charge in [-0.1, -0.05) is 19.1 Å². The summed E-state index contributed by atoms with van der Waals surface area (Å²) in [6, 6.07) is 5.97. The summed E-state index contributed by atoms with van der Waals surface area (Å²) in [6.07, 6.45) is 0.693. The molecule has 27 heavy (non-hydrogen) atoms. The topological polar surface area (TPSA) is 86.3 Å². The Bertz CT molecular complexity index is 762. The second kappa shape index (κ2) is 8.90. The number of hydrogen-bond acceptors (Lipinski definition) is 5. The second-order valence-corrected chi connectivity index (χ2v) is 6.73. The highest BCUT2D eigenvalue weighted by atomic mass is 19.3. The van der Waals surface area contributed by atoms with E-state index in [1.807, 2.05) is 13.8 Å². The van der Waals surface area contributed by atoms with Gasteiger partial charge in [-0.25, -0.2) is 4.68 Å². The van der Waals surface area contributed by atoms with E-state index in [1.165, 1.54) is 16.8 Å². The van der Waals surface area contributed by atoms with Crippen LogP contribution >= 0.6 is 0 Å². The smallest absolute Gasteiger partial charge is 0.387 e. The number of amides is 1. The third-order valence-electron chi connectivity index (χ3n) is 4.40. The van der Waals surface area contributed by atoms with E-state index in [2.05, 4.69) is 15.0 Å². The molecule has 2 N–H and O–H groups in total. The molecule has 0 saturated heterocycles. The minimum Gasteiger partial charge on any atom is -0.435 e. The van der Waals surface area contributed by atoms with Crippen LogP contribution in [0.5, 0.6) is 5.75 Å². The van der Waals surface area contributed by atoms with Crippen molar-refractivity contribution in [1.29, 1.82) is 0 Å². The lowest BCUT2D eigenvalue weighted by atomic mass is 10.0. The van der Waals surface area contributed by atoms with Gasteiger partial charge in [0.15, 0.2) is 5.69 Å². The largest absolute Gasteiger partial charge is 0.435 e. The second-order valence-electron chi connectivity index (χ2n) is 6.73. The van der Waals surface area contributed by atoms with Gasteiger partial charge in [-0.15, -0.1) is 5.10 Å². The predicted molar refractivity (Wildman–Crippen MR) is 97.1 cm³/mol. The zero-order chi connectivity index (χ0) is 20.1. The molecule has 7 nitrogen and oxygen atoms in total. The van der Waals surface area contributed by atoms with Gasteiger partial charge in [0.1, 0.15) is 5.75 Å². The van der Waals surface area contributed by atoms with E-state index in [9.17, 15) is 13.6 Å². The van der Waals surface area contributed by atoms with Gasteiger partial charge in [0.2, 0.25) is 0 Å². The summed E-state index contributed by atoms with van der Waals surface area (Å²) in [5.41, 5.74) is 7.41. The molecule has 2 rings (SSSR count). The molecule has 2 aromatic rings. The highest BCUT2D eigenvalue weighted by molar-refractivity contribution is 5.93. The van der Waals surface area contributed by atoms with Gasteiger partial charge in [-0.3, -0.25) is 4.79 Å². The Morgan fingerprint density at radius 1 is 1.30 bits per heavy atom. The number of nitrogens with two attached hydrogens (primary N) is 1. The number of hydrogen-bond donors (Lipinski definition) is 1. The maximum absolute atomic E-state index is 12.6. The molecule has 9 heteroatoms. The Kier molecular flexibility index (Phi) is 6.84. The van der Waals surface area contributed by atoms with Crippen LogP contribution in [0.1, 0.15) is 36.5 Å². The van der Waals surface area contributed by atoms with Crippen LogP contribution in [0.3, 0.4) is 0 Å². The highest BCUT2D eigenvalue weighted by Crippen LogP contribution is 2.19. The third kappa shape index (κ3) is 5.22. The van der Waals surface area contributed by atoms with E-state index in [4.69, 9.17) is 5.73 Å². The maximum Gasteiger partial charge on any atom is 0.387 e. The first-order valence-corrected chi connectivity index (χ1v) is 8.69. The summed E-state index contributed by atoms with van der Waals surface area (Å²) in [7, 11) is 1.70. The van der Waals surface area contributed by atoms with Crippen LogP contribution in [0.25, 0.3) is 5.69 Å². The fourth-order valence-corrected chi connectivity index (χ4v) is 2.50. The first-order chi connectivity index (χ1) is 12.7. The van der Waals surface area contributed by atoms with Gasteiger partial charge < -0.3 is 15.4 Å². The molecule has 1 aromatic carbocycles. The van der Waals surface area contributed by atoms with E-state index < -0.39 is 6.61 Å². The minimum atomic E-state index is -2.88. The van der Waals surface area contributed by atoms with Crippen molar-refractivity contribution in [2.45, 2.75) is 39.8 Å². The normalized spacial score (nSPS) is 12.5. The summed E-state index contributed by atoms with van der Waals surface area (Å²) in [5, 5.41) is 7.99. The van der Waals surface area contributed by atoms with Crippen LogP contribution in [-0.2, 0) is 0 Å². The molecule has 0 aliphatic heterocycles. The van der Waals surface area contributed by atoms with Crippen LogP contribution in [0.4, 0.5) is 8.78 Å². The number of ether oxygens (including phenoxy) is 1. The molecule has 0 bridgehead atoms. The van der Waals surface area contributed by atoms with Gasteiger partial charge in [-0.05, 0) is 43.5 Å². The lowest BCUT2D eigenvalue weighted by Gasteiger charge is -2.21. The van der Waals surface area contributed by atoms with Crippen molar-refractivity contribution in [2.75, 3.05) is 13.6 Å². The van der Waals surface area contributed by atoms with Gasteiger partial charge in [0, 0.05) is 19.6 Å². The maximum atomic E-state index is 12.6. The number of carbonyl (C=O) groups excluding carboxylic acids is 1. The van der Waals surface area contributed by atoms with Crippen molar-refractivity contribution in [3.8, 4) is 11.4 Å². The highest BCUT2D eigenvalue weighted by Gasteiger charge is 2.21. The summed E-state index contributed by atoms with van der Waals surface area (Å²) >= 11 is 0. The zero-order valence-electron chi connectivity index (χ0n) is 15.9. The predicted octanol–water partition coefficient (Wildman–Crippen LogP) is 2.62. The van der Waals surface area contributed by atoms with Crippen molar-refractivity contribution >= 4 is 5.91 Å². The van der Waals surface area contributed by atoms with E-state index in [0.717, 1.165) is 0 Å². The molecule has 0 spiro atoms. The van der Waals surface area contributed by atoms with E-state index in [-0.39, 0.29) is 23.4 Å². The average Bonchev–Trinajstić information content (AvgIpc) is 3.00. The molecule has 1 amide bonds. The van der Waals surface area contributed by atoms with Gasteiger partial charge >= 0.3 is 6.61 Å². The lowest BCUT2D eigenvalue weighted by Crippen LogP contribution is -2.35. The van der Waals surface area contributed by atoms with Crippen molar-refractivity contribution in [3.05, 3.63) is 35.7 Å². The molecule has 0 aliphatic carbocycles. The molecule has 1 atom stereocenters. The van der Waals surface area contributed by atoms with Crippen LogP contribution in [0.15, 0.2) is 24.3 Å². The molecule has 1 aromatic heterocycles. The Labute approximate surface area is 157 Å². The van der Waals surface area contributed by atoms with Crippen molar-refractivity contribution in [2.24, 2.45) is 11.7 Å². The van der Waals surface area contributed by atoms with Gasteiger partial charge in [-0.2, -0.15) is 8.78 Å². The Balaban J connectivity index is 2.10. The number of benzene rings is 1. The monoisotopic (exact) mass is 381 g/mol. The van der Waals surface area contributed by atoms with Crippen molar-refractivity contribution in [3.63, 3.8) is 0 Å². The first kappa shape index (κ1) is 20.8. The van der Waals surface area contributed by atoms with Crippen molar-refractivity contribution in [1.82, 2.24) is 19.9 Å². The molecule has 0 aliphatic rings. The molecule has 0 radical (unpaired) electrons. The quantitative estimate of drug-likeness (QED) is 0.760. The molecule has 148 valence electrons. The summed E-state index contributed by atoms with van der Waals surface area (Å²) in [4.78, 5) is 14.2. The summed E-state index contributed by atoms with van der Waals surface area (Å²) in [6.45, 7) is 3.45. The standard InChI is InChI=1S/C18H25F2N5O2/c1-11(2)15(21)9-10-24(4)17(26)16-12(3)25(23-22-16)13-5-7-14(8-6-13)27-18(19)20/h5-8,11,15,18H,9-10,21H2,1-4H3. The van der Waals surface area contributed by atoms with Gasteiger partial charge in [0.25, 0.3) is 5.91 Å². The Morgan fingerprint density at radius 3 is 2.48 bits per heavy atom. The molecule has 1 unspecified atom stereocenters. The van der Waals surface area contributed by atoms with Crippen LogP contribution in [0.2, 0.25) is 0 Å². The number of rotatable bonds is 8. The molecular formula is C18H25F2N5O2. The average molecular weight is 381 g/mol. The summed E-state index contributed by atoms with van der Waals surface area (Å²) < 4.78 is 30.3. The SMILES string of the molecule is Cc1c(C(=O)N(C)CCC(N)C(C)C)nnn1-c1ccc(OC(F)F)cc1. The lowest BCUT2D eigenvalue weighted by molar-refractivity contribution is -0.0498. The summed E-state index contributed by atoms with van der Waals surface area (Å²) in [5.74, 6) is 0.143. The Morgan fingerprint density at radius 2 is 1.93 bits per heavy atom.